The van der Waals surface area contributed by atoms with Crippen molar-refractivity contribution in [1.82, 2.24) is 4.98 Å². The number of carbonyl (C=O) groups is 1. The van der Waals surface area contributed by atoms with Gasteiger partial charge in [-0.2, -0.15) is 0 Å². The van der Waals surface area contributed by atoms with E-state index in [1.54, 1.807) is 6.20 Å². The summed E-state index contributed by atoms with van der Waals surface area (Å²) in [6.45, 7) is 4.00. The molecule has 0 fully saturated rings. The topological polar surface area (TPSA) is 42.0 Å². The van der Waals surface area contributed by atoms with Gasteiger partial charge in [0.25, 0.3) is 0 Å². The Labute approximate surface area is 153 Å². The standard InChI is InChI=1S/C21H20N2OS/c1-14-3-8-20(25)18(11-14)13-21(24)23-19-6-4-16(5-7-19)17-9-10-22-15(2)12-17/h3-7,9-12H,8,13H2,1-2H3,(H,23,24). The van der Waals surface area contributed by atoms with E-state index >= 15 is 0 Å². The van der Waals surface area contributed by atoms with Gasteiger partial charge in [-0.05, 0) is 54.8 Å². The van der Waals surface area contributed by atoms with Crippen molar-refractivity contribution in [1.29, 1.82) is 0 Å². The molecule has 2 aromatic rings. The van der Waals surface area contributed by atoms with E-state index in [9.17, 15) is 4.79 Å². The molecule has 0 saturated heterocycles. The number of nitrogens with zero attached hydrogens (tertiary/aromatic N) is 1. The van der Waals surface area contributed by atoms with Gasteiger partial charge in [0.05, 0.1) is 6.42 Å². The second kappa shape index (κ2) is 7.53. The van der Waals surface area contributed by atoms with Crippen LogP contribution in [-0.4, -0.2) is 15.8 Å². The maximum absolute atomic E-state index is 12.3. The average molecular weight is 348 g/mol. The van der Waals surface area contributed by atoms with E-state index in [4.69, 9.17) is 12.2 Å². The van der Waals surface area contributed by atoms with E-state index < -0.39 is 0 Å². The summed E-state index contributed by atoms with van der Waals surface area (Å²) < 4.78 is 0. The third-order valence-electron chi connectivity index (χ3n) is 4.12. The van der Waals surface area contributed by atoms with E-state index in [2.05, 4.69) is 16.4 Å². The Morgan fingerprint density at radius 2 is 1.92 bits per heavy atom. The quantitative estimate of drug-likeness (QED) is 0.788. The summed E-state index contributed by atoms with van der Waals surface area (Å²) >= 11 is 5.35. The first kappa shape index (κ1) is 17.2. The molecule has 1 aliphatic carbocycles. The SMILES string of the molecule is CC1=CCC(=S)C(CC(=O)Nc2ccc(-c3ccnc(C)c3)cc2)=C1. The van der Waals surface area contributed by atoms with Crippen molar-refractivity contribution in [3.63, 3.8) is 0 Å². The van der Waals surface area contributed by atoms with Crippen molar-refractivity contribution in [2.75, 3.05) is 5.32 Å². The minimum atomic E-state index is -0.0456. The molecule has 126 valence electrons. The highest BCUT2D eigenvalue weighted by Gasteiger charge is 2.13. The van der Waals surface area contributed by atoms with Gasteiger partial charge in [0.15, 0.2) is 0 Å². The molecule has 0 aliphatic heterocycles. The minimum Gasteiger partial charge on any atom is -0.326 e. The Kier molecular flexibility index (Phi) is 5.19. The van der Waals surface area contributed by atoms with Gasteiger partial charge in [-0.15, -0.1) is 0 Å². The molecular formula is C21H20N2OS. The van der Waals surface area contributed by atoms with E-state index in [0.717, 1.165) is 44.9 Å². The number of allylic oxidation sites excluding steroid dienone is 3. The molecular weight excluding hydrogens is 328 g/mol. The van der Waals surface area contributed by atoms with Gasteiger partial charge in [-0.3, -0.25) is 9.78 Å². The molecule has 0 unspecified atom stereocenters. The molecule has 3 rings (SSSR count). The number of hydrogen-bond acceptors (Lipinski definition) is 3. The maximum Gasteiger partial charge on any atom is 0.228 e. The number of pyridine rings is 1. The molecule has 0 atom stereocenters. The molecule has 1 amide bonds. The lowest BCUT2D eigenvalue weighted by Crippen LogP contribution is -2.16. The summed E-state index contributed by atoms with van der Waals surface area (Å²) in [6, 6.07) is 11.9. The van der Waals surface area contributed by atoms with Gasteiger partial charge < -0.3 is 5.32 Å². The highest BCUT2D eigenvalue weighted by atomic mass is 32.1. The summed E-state index contributed by atoms with van der Waals surface area (Å²) in [7, 11) is 0. The van der Waals surface area contributed by atoms with Crippen LogP contribution in [0.5, 0.6) is 0 Å². The van der Waals surface area contributed by atoms with Crippen LogP contribution < -0.4 is 5.32 Å². The lowest BCUT2D eigenvalue weighted by molar-refractivity contribution is -0.115. The third kappa shape index (κ3) is 4.48. The zero-order valence-electron chi connectivity index (χ0n) is 14.4. The Balaban J connectivity index is 1.66. The Morgan fingerprint density at radius 1 is 1.16 bits per heavy atom. The van der Waals surface area contributed by atoms with Crippen LogP contribution in [0.15, 0.2) is 65.9 Å². The summed E-state index contributed by atoms with van der Waals surface area (Å²) in [5.41, 5.74) is 6.08. The molecule has 0 saturated carbocycles. The first-order chi connectivity index (χ1) is 12.0. The number of carbonyl (C=O) groups excluding carboxylic acids is 1. The molecule has 1 aliphatic rings. The second-order valence-electron chi connectivity index (χ2n) is 6.23. The highest BCUT2D eigenvalue weighted by molar-refractivity contribution is 7.80. The first-order valence-electron chi connectivity index (χ1n) is 8.25. The van der Waals surface area contributed by atoms with Crippen molar-refractivity contribution in [2.24, 2.45) is 0 Å². The first-order valence-corrected chi connectivity index (χ1v) is 8.65. The third-order valence-corrected chi connectivity index (χ3v) is 4.55. The number of hydrogen-bond donors (Lipinski definition) is 1. The number of anilines is 1. The molecule has 3 nitrogen and oxygen atoms in total. The van der Waals surface area contributed by atoms with Gasteiger partial charge in [0.1, 0.15) is 0 Å². The van der Waals surface area contributed by atoms with Crippen LogP contribution in [0.4, 0.5) is 5.69 Å². The minimum absolute atomic E-state index is 0.0456. The number of aromatic nitrogens is 1. The fourth-order valence-electron chi connectivity index (χ4n) is 2.80. The van der Waals surface area contributed by atoms with Gasteiger partial charge in [-0.1, -0.05) is 42.1 Å². The van der Waals surface area contributed by atoms with Crippen molar-refractivity contribution in [3.05, 3.63) is 71.6 Å². The van der Waals surface area contributed by atoms with Crippen LogP contribution in [0.3, 0.4) is 0 Å². The largest absolute Gasteiger partial charge is 0.326 e. The fraction of sp³-hybridized carbons (Fsp3) is 0.190. The lowest BCUT2D eigenvalue weighted by Gasteiger charge is -2.13. The predicted octanol–water partition coefficient (Wildman–Crippen LogP) is 5.03. The normalized spacial score (nSPS) is 13.9. The van der Waals surface area contributed by atoms with Crippen LogP contribution in [0, 0.1) is 6.92 Å². The number of aryl methyl sites for hydroxylation is 1. The molecule has 1 heterocycles. The lowest BCUT2D eigenvalue weighted by atomic mass is 9.97. The molecule has 0 radical (unpaired) electrons. The van der Waals surface area contributed by atoms with Crippen molar-refractivity contribution < 1.29 is 4.79 Å². The van der Waals surface area contributed by atoms with Crippen LogP contribution in [0.2, 0.25) is 0 Å². The second-order valence-corrected chi connectivity index (χ2v) is 6.73. The van der Waals surface area contributed by atoms with Crippen LogP contribution in [0.1, 0.15) is 25.5 Å². The number of nitrogens with one attached hydrogen (secondary N) is 1. The van der Waals surface area contributed by atoms with Gasteiger partial charge in [0, 0.05) is 28.9 Å². The van der Waals surface area contributed by atoms with Crippen molar-refractivity contribution >= 4 is 28.7 Å². The highest BCUT2D eigenvalue weighted by Crippen LogP contribution is 2.23. The van der Waals surface area contributed by atoms with Gasteiger partial charge in [0.2, 0.25) is 5.91 Å². The summed E-state index contributed by atoms with van der Waals surface area (Å²) in [4.78, 5) is 17.4. The van der Waals surface area contributed by atoms with E-state index in [1.165, 1.54) is 0 Å². The fourth-order valence-corrected chi connectivity index (χ4v) is 3.01. The number of amides is 1. The molecule has 0 spiro atoms. The maximum atomic E-state index is 12.3. The zero-order chi connectivity index (χ0) is 17.8. The van der Waals surface area contributed by atoms with Gasteiger partial charge in [-0.25, -0.2) is 0 Å². The predicted molar refractivity (Wildman–Crippen MR) is 107 cm³/mol. The zero-order valence-corrected chi connectivity index (χ0v) is 15.2. The Hall–Kier alpha value is -2.59. The molecule has 0 bridgehead atoms. The van der Waals surface area contributed by atoms with E-state index in [1.807, 2.05) is 56.3 Å². The number of benzene rings is 1. The van der Waals surface area contributed by atoms with E-state index in [0.29, 0.717) is 6.42 Å². The van der Waals surface area contributed by atoms with Crippen LogP contribution in [-0.2, 0) is 4.79 Å². The molecule has 25 heavy (non-hydrogen) atoms. The molecule has 1 aromatic carbocycles. The van der Waals surface area contributed by atoms with Crippen molar-refractivity contribution in [2.45, 2.75) is 26.7 Å². The summed E-state index contributed by atoms with van der Waals surface area (Å²) in [5, 5.41) is 2.94. The van der Waals surface area contributed by atoms with Crippen LogP contribution >= 0.6 is 12.2 Å². The Morgan fingerprint density at radius 3 is 2.64 bits per heavy atom. The van der Waals surface area contributed by atoms with Gasteiger partial charge >= 0.3 is 0 Å². The number of rotatable bonds is 4. The average Bonchev–Trinajstić information content (AvgIpc) is 2.59. The Bertz CT molecular complexity index is 879. The van der Waals surface area contributed by atoms with Crippen molar-refractivity contribution in [3.8, 4) is 11.1 Å². The van der Waals surface area contributed by atoms with E-state index in [-0.39, 0.29) is 5.91 Å². The molecule has 1 aromatic heterocycles. The smallest absolute Gasteiger partial charge is 0.228 e. The number of thiocarbonyl (C=S) groups is 1. The van der Waals surface area contributed by atoms with Crippen LogP contribution in [0.25, 0.3) is 11.1 Å². The molecule has 1 N–H and O–H groups in total. The monoisotopic (exact) mass is 348 g/mol. The summed E-state index contributed by atoms with van der Waals surface area (Å²) in [6.07, 6.45) is 6.96. The summed E-state index contributed by atoms with van der Waals surface area (Å²) in [5.74, 6) is -0.0456. The molecule has 4 heteroatoms.